The highest BCUT2D eigenvalue weighted by atomic mass is 35.5. The number of rotatable bonds is 5. The second kappa shape index (κ2) is 10.2. The van der Waals surface area contributed by atoms with E-state index in [2.05, 4.69) is 9.88 Å². The lowest BCUT2D eigenvalue weighted by Gasteiger charge is -2.36. The highest BCUT2D eigenvalue weighted by Gasteiger charge is 2.27. The second-order valence-electron chi connectivity index (χ2n) is 7.37. The van der Waals surface area contributed by atoms with Crippen LogP contribution in [-0.4, -0.2) is 46.7 Å². The fourth-order valence-electron chi connectivity index (χ4n) is 3.57. The first kappa shape index (κ1) is 23.1. The van der Waals surface area contributed by atoms with Crippen LogP contribution in [-0.2, 0) is 11.3 Å². The van der Waals surface area contributed by atoms with Crippen molar-refractivity contribution in [1.29, 1.82) is 0 Å². The molecule has 1 atom stereocenters. The number of carbonyl (C=O) groups excluding carboxylic acids is 1. The molecule has 0 N–H and O–H groups in total. The van der Waals surface area contributed by atoms with Crippen LogP contribution < -0.4 is 4.90 Å². The second-order valence-corrected chi connectivity index (χ2v) is 9.03. The first-order valence-corrected chi connectivity index (χ1v) is 11.5. The number of ether oxygens (including phenoxy) is 1. The lowest BCUT2D eigenvalue weighted by Crippen LogP contribution is -2.49. The molecule has 10 heteroatoms. The fourth-order valence-corrected chi connectivity index (χ4v) is 4.40. The van der Waals surface area contributed by atoms with Gasteiger partial charge in [0.15, 0.2) is 0 Å². The summed E-state index contributed by atoms with van der Waals surface area (Å²) in [7, 11) is 0. The third-order valence-electron chi connectivity index (χ3n) is 5.29. The van der Waals surface area contributed by atoms with Crippen molar-refractivity contribution in [2.45, 2.75) is 12.6 Å². The predicted octanol–water partition coefficient (Wildman–Crippen LogP) is 6.20. The molecule has 0 saturated carbocycles. The molecule has 2 aromatic carbocycles. The maximum absolute atomic E-state index is 13.0. The molecule has 1 aromatic heterocycles. The molecule has 0 aliphatic carbocycles. The van der Waals surface area contributed by atoms with E-state index in [0.717, 1.165) is 5.69 Å². The van der Waals surface area contributed by atoms with E-state index in [1.807, 2.05) is 16.7 Å². The van der Waals surface area contributed by atoms with Crippen molar-refractivity contribution in [2.24, 2.45) is 0 Å². The van der Waals surface area contributed by atoms with E-state index in [9.17, 15) is 4.79 Å². The molecule has 1 aliphatic heterocycles. The summed E-state index contributed by atoms with van der Waals surface area (Å²) in [6.45, 7) is 2.73. The number of hydrogen-bond acceptors (Lipinski definition) is 4. The van der Waals surface area contributed by atoms with E-state index in [0.29, 0.717) is 58.4 Å². The number of amides is 1. The summed E-state index contributed by atoms with van der Waals surface area (Å²) in [5.74, 6) is 0. The Morgan fingerprint density at radius 3 is 2.41 bits per heavy atom. The van der Waals surface area contributed by atoms with Crippen LogP contribution >= 0.6 is 46.4 Å². The molecular weight excluding hydrogens is 494 g/mol. The predicted molar refractivity (Wildman–Crippen MR) is 128 cm³/mol. The number of nitrogens with zero attached hydrogens (tertiary/aromatic N) is 4. The van der Waals surface area contributed by atoms with E-state index in [-0.39, 0.29) is 0 Å². The zero-order valence-corrected chi connectivity index (χ0v) is 19.9. The summed E-state index contributed by atoms with van der Waals surface area (Å²) in [6, 6.07) is 10.7. The smallest absolute Gasteiger partial charge is 0.410 e. The monoisotopic (exact) mass is 512 g/mol. The Morgan fingerprint density at radius 2 is 1.75 bits per heavy atom. The van der Waals surface area contributed by atoms with E-state index in [1.54, 1.807) is 47.9 Å². The Bertz CT molecular complexity index is 1090. The largest absolute Gasteiger partial charge is 0.439 e. The molecule has 1 fully saturated rings. The molecule has 1 saturated heterocycles. The Labute approximate surface area is 206 Å². The van der Waals surface area contributed by atoms with E-state index < -0.39 is 12.2 Å². The van der Waals surface area contributed by atoms with Crippen LogP contribution in [0.2, 0.25) is 20.1 Å². The van der Waals surface area contributed by atoms with Crippen molar-refractivity contribution < 1.29 is 9.53 Å². The lowest BCUT2D eigenvalue weighted by molar-refractivity contribution is 0.0530. The van der Waals surface area contributed by atoms with E-state index >= 15 is 0 Å². The van der Waals surface area contributed by atoms with Gasteiger partial charge >= 0.3 is 6.09 Å². The molecule has 168 valence electrons. The molecule has 2 heterocycles. The van der Waals surface area contributed by atoms with Crippen molar-refractivity contribution in [1.82, 2.24) is 14.5 Å². The Balaban J connectivity index is 1.43. The molecule has 0 bridgehead atoms. The van der Waals surface area contributed by atoms with Crippen LogP contribution in [0, 0.1) is 0 Å². The van der Waals surface area contributed by atoms with Gasteiger partial charge in [0.2, 0.25) is 0 Å². The third-order valence-corrected chi connectivity index (χ3v) is 6.60. The first-order valence-electron chi connectivity index (χ1n) is 9.97. The maximum atomic E-state index is 13.0. The van der Waals surface area contributed by atoms with Crippen LogP contribution in [0.4, 0.5) is 10.5 Å². The van der Waals surface area contributed by atoms with Gasteiger partial charge in [-0.25, -0.2) is 9.78 Å². The summed E-state index contributed by atoms with van der Waals surface area (Å²) >= 11 is 24.6. The SMILES string of the molecule is O=C(O[C@H](Cn1ccnc1)c1ccc(Cl)cc1Cl)N1CCN(c2ccc(Cl)c(Cl)c2)CC1. The number of imidazole rings is 1. The van der Waals surface area contributed by atoms with Crippen molar-refractivity contribution in [3.8, 4) is 0 Å². The van der Waals surface area contributed by atoms with Gasteiger partial charge < -0.3 is 19.1 Å². The molecule has 1 amide bonds. The van der Waals surface area contributed by atoms with E-state index in [4.69, 9.17) is 51.1 Å². The molecule has 1 aliphatic rings. The standard InChI is InChI=1S/C22H20Cl4N4O2/c23-15-1-3-17(19(25)11-15)21(13-28-6-5-27-14-28)32-22(31)30-9-7-29(8-10-30)16-2-4-18(24)20(26)12-16/h1-6,11-12,14,21H,7-10,13H2/t21-/m1/s1. The van der Waals surface area contributed by atoms with Crippen LogP contribution in [0.3, 0.4) is 0 Å². The number of carbonyl (C=O) groups is 1. The maximum Gasteiger partial charge on any atom is 0.410 e. The Kier molecular flexibility index (Phi) is 7.36. The van der Waals surface area contributed by atoms with E-state index in [1.165, 1.54) is 0 Å². The van der Waals surface area contributed by atoms with Crippen molar-refractivity contribution >= 4 is 58.2 Å². The minimum absolute atomic E-state index is 0.385. The lowest BCUT2D eigenvalue weighted by atomic mass is 10.1. The summed E-state index contributed by atoms with van der Waals surface area (Å²) in [6.07, 6.45) is 4.16. The van der Waals surface area contributed by atoms with Gasteiger partial charge in [-0.15, -0.1) is 0 Å². The van der Waals surface area contributed by atoms with Crippen molar-refractivity contribution in [3.05, 3.63) is 80.8 Å². The molecule has 0 radical (unpaired) electrons. The van der Waals surface area contributed by atoms with Gasteiger partial charge in [0, 0.05) is 59.9 Å². The highest BCUT2D eigenvalue weighted by molar-refractivity contribution is 6.42. The molecule has 6 nitrogen and oxygen atoms in total. The molecule has 4 rings (SSSR count). The zero-order chi connectivity index (χ0) is 22.7. The number of aromatic nitrogens is 2. The first-order chi connectivity index (χ1) is 15.4. The van der Waals surface area contributed by atoms with Crippen LogP contribution in [0.25, 0.3) is 0 Å². The number of hydrogen-bond donors (Lipinski definition) is 0. The minimum Gasteiger partial charge on any atom is -0.439 e. The molecule has 3 aromatic rings. The molecule has 32 heavy (non-hydrogen) atoms. The fraction of sp³-hybridized carbons (Fsp3) is 0.273. The normalized spacial score (nSPS) is 15.0. The average molecular weight is 514 g/mol. The van der Waals surface area contributed by atoms with Crippen molar-refractivity contribution in [3.63, 3.8) is 0 Å². The molecular formula is C22H20Cl4N4O2. The van der Waals surface area contributed by atoms with Gasteiger partial charge in [0.05, 0.1) is 22.9 Å². The van der Waals surface area contributed by atoms with Gasteiger partial charge in [-0.2, -0.15) is 0 Å². The third kappa shape index (κ3) is 5.44. The number of benzene rings is 2. The van der Waals surface area contributed by atoms with Crippen LogP contribution in [0.15, 0.2) is 55.1 Å². The Morgan fingerprint density at radius 1 is 0.969 bits per heavy atom. The van der Waals surface area contributed by atoms with Gasteiger partial charge in [-0.1, -0.05) is 52.5 Å². The van der Waals surface area contributed by atoms with Crippen LogP contribution in [0.5, 0.6) is 0 Å². The summed E-state index contributed by atoms with van der Waals surface area (Å²) in [4.78, 5) is 20.9. The van der Waals surface area contributed by atoms with Crippen LogP contribution in [0.1, 0.15) is 11.7 Å². The Hall–Kier alpha value is -2.12. The van der Waals surface area contributed by atoms with Gasteiger partial charge in [-0.05, 0) is 30.3 Å². The number of halogens is 4. The van der Waals surface area contributed by atoms with Crippen molar-refractivity contribution in [2.75, 3.05) is 31.1 Å². The number of piperazine rings is 1. The summed E-state index contributed by atoms with van der Waals surface area (Å²) in [5.41, 5.74) is 1.66. The summed E-state index contributed by atoms with van der Waals surface area (Å²) < 4.78 is 7.74. The van der Waals surface area contributed by atoms with Gasteiger partial charge in [-0.3, -0.25) is 0 Å². The number of anilines is 1. The highest BCUT2D eigenvalue weighted by Crippen LogP contribution is 2.31. The summed E-state index contributed by atoms with van der Waals surface area (Å²) in [5, 5.41) is 1.99. The van der Waals surface area contributed by atoms with Gasteiger partial charge in [0.1, 0.15) is 6.10 Å². The zero-order valence-electron chi connectivity index (χ0n) is 16.9. The van der Waals surface area contributed by atoms with Gasteiger partial charge in [0.25, 0.3) is 0 Å². The minimum atomic E-state index is -0.588. The average Bonchev–Trinajstić information content (AvgIpc) is 3.28. The molecule has 0 spiro atoms. The topological polar surface area (TPSA) is 50.6 Å². The molecule has 0 unspecified atom stereocenters. The quantitative estimate of drug-likeness (QED) is 0.407.